The highest BCUT2D eigenvalue weighted by Crippen LogP contribution is 2.43. The first kappa shape index (κ1) is 19.3. The van der Waals surface area contributed by atoms with E-state index < -0.39 is 6.04 Å². The second-order valence-electron chi connectivity index (χ2n) is 8.98. The number of aromatic nitrogens is 1. The van der Waals surface area contributed by atoms with Gasteiger partial charge in [0.05, 0.1) is 17.1 Å². The van der Waals surface area contributed by atoms with Crippen LogP contribution in [0, 0.1) is 11.7 Å². The summed E-state index contributed by atoms with van der Waals surface area (Å²) in [7, 11) is 0. The molecule has 2 aliphatic carbocycles. The number of benzene rings is 2. The quantitative estimate of drug-likeness (QED) is 0.601. The Hall–Kier alpha value is -3.41. The topological polar surface area (TPSA) is 45.6 Å². The molecule has 0 N–H and O–H groups in total. The molecule has 2 amide bonds. The van der Waals surface area contributed by atoms with Crippen LogP contribution in [0.4, 0.5) is 10.1 Å². The summed E-state index contributed by atoms with van der Waals surface area (Å²) in [5, 5.41) is 0. The molecule has 1 atom stereocenters. The number of hydrogen-bond acceptors (Lipinski definition) is 2. The van der Waals surface area contributed by atoms with Crippen molar-refractivity contribution in [1.82, 2.24) is 9.47 Å². The van der Waals surface area contributed by atoms with Gasteiger partial charge in [-0.3, -0.25) is 14.5 Å². The molecular weight excluding hydrogens is 405 g/mol. The Morgan fingerprint density at radius 1 is 0.906 bits per heavy atom. The van der Waals surface area contributed by atoms with Crippen LogP contribution in [0.1, 0.15) is 43.0 Å². The van der Waals surface area contributed by atoms with Crippen LogP contribution >= 0.6 is 0 Å². The molecule has 32 heavy (non-hydrogen) atoms. The van der Waals surface area contributed by atoms with Crippen LogP contribution in [0.15, 0.2) is 66.9 Å². The van der Waals surface area contributed by atoms with E-state index >= 15 is 0 Å². The third kappa shape index (κ3) is 3.22. The molecule has 2 saturated carbocycles. The summed E-state index contributed by atoms with van der Waals surface area (Å²) in [4.78, 5) is 30.4. The molecule has 5 nitrogen and oxygen atoms in total. The van der Waals surface area contributed by atoms with Crippen LogP contribution < -0.4 is 4.90 Å². The molecule has 2 heterocycles. The maximum absolute atomic E-state index is 13.9. The lowest BCUT2D eigenvalue weighted by molar-refractivity contribution is -0.137. The average Bonchev–Trinajstić information content (AvgIpc) is 3.74. The second-order valence-corrected chi connectivity index (χ2v) is 8.98. The number of carbonyl (C=O) groups is 2. The van der Waals surface area contributed by atoms with Crippen LogP contribution in [-0.2, 0) is 9.59 Å². The first-order valence-corrected chi connectivity index (χ1v) is 11.3. The largest absolute Gasteiger partial charge is 0.330 e. The van der Waals surface area contributed by atoms with Crippen LogP contribution in [-0.4, -0.2) is 33.9 Å². The standard InChI is InChI=1S/C26H24FN3O2/c27-19-11-9-17(10-12-19)25-23-6-3-15-28(23)21-4-1-2-5-22(21)30(25)24(31)16-29(20-13-14-20)26(32)18-7-8-18/h1-6,9-12,15,18,20,25H,7-8,13-14,16H2. The van der Waals surface area contributed by atoms with Crippen molar-refractivity contribution < 1.29 is 14.0 Å². The highest BCUT2D eigenvalue weighted by Gasteiger charge is 2.43. The van der Waals surface area contributed by atoms with Crippen LogP contribution in [0.5, 0.6) is 0 Å². The van der Waals surface area contributed by atoms with Gasteiger partial charge < -0.3 is 9.47 Å². The Bertz CT molecular complexity index is 1190. The van der Waals surface area contributed by atoms with E-state index in [1.165, 1.54) is 12.1 Å². The molecule has 162 valence electrons. The summed E-state index contributed by atoms with van der Waals surface area (Å²) in [5.41, 5.74) is 3.49. The van der Waals surface area contributed by atoms with Gasteiger partial charge in [0.2, 0.25) is 11.8 Å². The van der Waals surface area contributed by atoms with Gasteiger partial charge in [0.15, 0.2) is 0 Å². The molecule has 0 saturated heterocycles. The van der Waals surface area contributed by atoms with Crippen molar-refractivity contribution in [3.63, 3.8) is 0 Å². The lowest BCUT2D eigenvalue weighted by atomic mass is 9.97. The van der Waals surface area contributed by atoms with Crippen molar-refractivity contribution in [2.75, 3.05) is 11.4 Å². The molecule has 0 spiro atoms. The molecule has 0 radical (unpaired) electrons. The van der Waals surface area contributed by atoms with Gasteiger partial charge in [-0.05, 0) is 67.6 Å². The minimum absolute atomic E-state index is 0.0761. The smallest absolute Gasteiger partial charge is 0.247 e. The van der Waals surface area contributed by atoms with E-state index in [4.69, 9.17) is 0 Å². The molecule has 6 rings (SSSR count). The van der Waals surface area contributed by atoms with Crippen LogP contribution in [0.3, 0.4) is 0 Å². The Labute approximate surface area is 186 Å². The number of carbonyl (C=O) groups excluding carboxylic acids is 2. The van der Waals surface area contributed by atoms with Gasteiger partial charge in [-0.15, -0.1) is 0 Å². The zero-order valence-electron chi connectivity index (χ0n) is 17.7. The average molecular weight is 429 g/mol. The molecule has 6 heteroatoms. The van der Waals surface area contributed by atoms with E-state index in [-0.39, 0.29) is 36.1 Å². The molecule has 1 aromatic heterocycles. The van der Waals surface area contributed by atoms with E-state index in [0.29, 0.717) is 0 Å². The SMILES string of the molecule is O=C(C1CC1)N(CC(=O)N1c2ccccc2-n2cccc2C1c1ccc(F)cc1)C1CC1. The van der Waals surface area contributed by atoms with E-state index in [1.807, 2.05) is 42.6 Å². The fraction of sp³-hybridized carbons (Fsp3) is 0.308. The number of halogens is 1. The van der Waals surface area contributed by atoms with Crippen molar-refractivity contribution in [3.8, 4) is 5.69 Å². The number of rotatable bonds is 5. The maximum Gasteiger partial charge on any atom is 0.247 e. The Kier molecular flexibility index (Phi) is 4.42. The Morgan fingerprint density at radius 3 is 2.31 bits per heavy atom. The first-order chi connectivity index (χ1) is 15.6. The van der Waals surface area contributed by atoms with Gasteiger partial charge >= 0.3 is 0 Å². The summed E-state index contributed by atoms with van der Waals surface area (Å²) in [5.74, 6) is -0.219. The van der Waals surface area contributed by atoms with Gasteiger partial charge in [-0.2, -0.15) is 0 Å². The fourth-order valence-corrected chi connectivity index (χ4v) is 4.78. The van der Waals surface area contributed by atoms with Crippen molar-refractivity contribution in [3.05, 3.63) is 83.9 Å². The Balaban J connectivity index is 1.43. The highest BCUT2D eigenvalue weighted by atomic mass is 19.1. The summed E-state index contributed by atoms with van der Waals surface area (Å²) in [6, 6.07) is 17.9. The number of hydrogen-bond donors (Lipinski definition) is 0. The molecule has 3 aliphatic rings. The maximum atomic E-state index is 13.9. The van der Waals surface area contributed by atoms with E-state index in [0.717, 1.165) is 48.3 Å². The zero-order chi connectivity index (χ0) is 21.8. The summed E-state index contributed by atoms with van der Waals surface area (Å²) in [6.07, 6.45) is 5.77. The first-order valence-electron chi connectivity index (χ1n) is 11.3. The number of fused-ring (bicyclic) bond motifs is 3. The van der Waals surface area contributed by atoms with Gasteiger partial charge in [-0.25, -0.2) is 4.39 Å². The van der Waals surface area contributed by atoms with Crippen LogP contribution in [0.25, 0.3) is 5.69 Å². The molecule has 2 aromatic carbocycles. The van der Waals surface area contributed by atoms with Crippen molar-refractivity contribution in [2.45, 2.75) is 37.8 Å². The predicted octanol–water partition coefficient (Wildman–Crippen LogP) is 4.45. The number of anilines is 1. The van der Waals surface area contributed by atoms with Crippen molar-refractivity contribution in [2.24, 2.45) is 5.92 Å². The number of amides is 2. The minimum atomic E-state index is -0.398. The number of para-hydroxylation sites is 2. The fourth-order valence-electron chi connectivity index (χ4n) is 4.78. The molecule has 0 bridgehead atoms. The summed E-state index contributed by atoms with van der Waals surface area (Å²) < 4.78 is 15.8. The lowest BCUT2D eigenvalue weighted by Crippen LogP contribution is -2.47. The molecular formula is C26H24FN3O2. The van der Waals surface area contributed by atoms with Gasteiger partial charge in [-0.1, -0.05) is 24.3 Å². The monoisotopic (exact) mass is 429 g/mol. The van der Waals surface area contributed by atoms with Gasteiger partial charge in [0.1, 0.15) is 18.4 Å². The zero-order valence-corrected chi connectivity index (χ0v) is 17.7. The third-order valence-electron chi connectivity index (χ3n) is 6.68. The second kappa shape index (κ2) is 7.33. The van der Waals surface area contributed by atoms with Crippen molar-refractivity contribution >= 4 is 17.5 Å². The summed E-state index contributed by atoms with van der Waals surface area (Å²) in [6.45, 7) is 0.0761. The molecule has 1 aliphatic heterocycles. The highest BCUT2D eigenvalue weighted by molar-refractivity contribution is 6.00. The third-order valence-corrected chi connectivity index (χ3v) is 6.68. The van der Waals surface area contributed by atoms with E-state index in [9.17, 15) is 14.0 Å². The van der Waals surface area contributed by atoms with Gasteiger partial charge in [0, 0.05) is 18.2 Å². The van der Waals surface area contributed by atoms with E-state index in [2.05, 4.69) is 4.57 Å². The molecule has 1 unspecified atom stereocenters. The Morgan fingerprint density at radius 2 is 1.62 bits per heavy atom. The summed E-state index contributed by atoms with van der Waals surface area (Å²) >= 11 is 0. The van der Waals surface area contributed by atoms with Gasteiger partial charge in [0.25, 0.3) is 0 Å². The minimum Gasteiger partial charge on any atom is -0.330 e. The molecule has 2 fully saturated rings. The molecule has 3 aromatic rings. The normalized spacial score (nSPS) is 19.3. The predicted molar refractivity (Wildman–Crippen MR) is 119 cm³/mol. The van der Waals surface area contributed by atoms with Crippen LogP contribution in [0.2, 0.25) is 0 Å². The lowest BCUT2D eigenvalue weighted by Gasteiger charge is -2.39. The number of nitrogens with zero attached hydrogens (tertiary/aromatic N) is 3. The van der Waals surface area contributed by atoms with Crippen molar-refractivity contribution in [1.29, 1.82) is 0 Å². The van der Waals surface area contributed by atoms with E-state index in [1.54, 1.807) is 21.9 Å².